The second-order valence-corrected chi connectivity index (χ2v) is 5.62. The Bertz CT molecular complexity index is 389. The summed E-state index contributed by atoms with van der Waals surface area (Å²) in [6, 6.07) is 0.371. The Kier molecular flexibility index (Phi) is 19.7. The van der Waals surface area contributed by atoms with E-state index in [1.165, 1.54) is 0 Å². The standard InChI is InChI=1S/C14H26N4O2.3C2H6/c1-12(2)18-11-13(15-16-18)10-17-6-4-14(5-7-17)20-9-8-19-3;3*1-2/h11-12,14H,4-10H2,1-3H3;3*1-2H3. The number of aromatic nitrogens is 3. The zero-order valence-corrected chi connectivity index (χ0v) is 18.8. The molecule has 156 valence electrons. The monoisotopic (exact) mass is 372 g/mol. The van der Waals surface area contributed by atoms with Crippen LogP contribution in [0.1, 0.15) is 80.0 Å². The van der Waals surface area contributed by atoms with Crippen LogP contribution in [-0.4, -0.2) is 59.4 Å². The maximum atomic E-state index is 5.77. The summed E-state index contributed by atoms with van der Waals surface area (Å²) in [5.41, 5.74) is 1.05. The summed E-state index contributed by atoms with van der Waals surface area (Å²) in [7, 11) is 1.70. The Labute approximate surface area is 162 Å². The molecule has 0 unspecified atom stereocenters. The van der Waals surface area contributed by atoms with Crippen LogP contribution in [0.5, 0.6) is 0 Å². The lowest BCUT2D eigenvalue weighted by molar-refractivity contribution is -0.0159. The van der Waals surface area contributed by atoms with Gasteiger partial charge in [-0.25, -0.2) is 4.68 Å². The van der Waals surface area contributed by atoms with E-state index in [2.05, 4.69) is 29.1 Å². The molecule has 0 saturated carbocycles. The van der Waals surface area contributed by atoms with Crippen LogP contribution < -0.4 is 0 Å². The van der Waals surface area contributed by atoms with Crippen molar-refractivity contribution in [3.63, 3.8) is 0 Å². The molecule has 26 heavy (non-hydrogen) atoms. The number of piperidine rings is 1. The Morgan fingerprint density at radius 2 is 1.62 bits per heavy atom. The molecular weight excluding hydrogens is 328 g/mol. The van der Waals surface area contributed by atoms with E-state index < -0.39 is 0 Å². The van der Waals surface area contributed by atoms with Crippen LogP contribution in [0.2, 0.25) is 0 Å². The maximum absolute atomic E-state index is 5.77. The van der Waals surface area contributed by atoms with Gasteiger partial charge < -0.3 is 9.47 Å². The van der Waals surface area contributed by atoms with E-state index in [4.69, 9.17) is 9.47 Å². The molecular formula is C20H44N4O2. The first-order valence-corrected chi connectivity index (χ1v) is 10.4. The molecule has 1 fully saturated rings. The number of hydrogen-bond donors (Lipinski definition) is 0. The summed E-state index contributed by atoms with van der Waals surface area (Å²) in [5, 5.41) is 8.38. The van der Waals surface area contributed by atoms with Crippen molar-refractivity contribution >= 4 is 0 Å². The molecule has 0 spiro atoms. The van der Waals surface area contributed by atoms with Crippen LogP contribution in [0.4, 0.5) is 0 Å². The van der Waals surface area contributed by atoms with Gasteiger partial charge in [0.25, 0.3) is 0 Å². The molecule has 1 aromatic rings. The highest BCUT2D eigenvalue weighted by atomic mass is 16.5. The van der Waals surface area contributed by atoms with Crippen LogP contribution in [0.15, 0.2) is 6.20 Å². The lowest BCUT2D eigenvalue weighted by Crippen LogP contribution is -2.37. The first kappa shape index (κ1) is 27.2. The van der Waals surface area contributed by atoms with E-state index in [-0.39, 0.29) is 0 Å². The minimum atomic E-state index is 0.371. The van der Waals surface area contributed by atoms with Gasteiger partial charge in [0.2, 0.25) is 0 Å². The third-order valence-corrected chi connectivity index (χ3v) is 3.65. The summed E-state index contributed by atoms with van der Waals surface area (Å²) in [6.07, 6.45) is 4.60. The van der Waals surface area contributed by atoms with E-state index in [1.54, 1.807) is 7.11 Å². The molecule has 0 N–H and O–H groups in total. The summed E-state index contributed by atoms with van der Waals surface area (Å²) >= 11 is 0. The zero-order chi connectivity index (χ0) is 20.4. The van der Waals surface area contributed by atoms with Crippen molar-refractivity contribution in [3.8, 4) is 0 Å². The normalized spacial score (nSPS) is 14.5. The number of ether oxygens (including phenoxy) is 2. The van der Waals surface area contributed by atoms with E-state index in [0.717, 1.165) is 38.2 Å². The van der Waals surface area contributed by atoms with Crippen molar-refractivity contribution in [1.29, 1.82) is 0 Å². The molecule has 6 nitrogen and oxygen atoms in total. The topological polar surface area (TPSA) is 52.4 Å². The summed E-state index contributed by atoms with van der Waals surface area (Å²) in [6.45, 7) is 20.6. The molecule has 1 aliphatic rings. The van der Waals surface area contributed by atoms with Crippen LogP contribution >= 0.6 is 0 Å². The van der Waals surface area contributed by atoms with Crippen LogP contribution in [-0.2, 0) is 16.0 Å². The van der Waals surface area contributed by atoms with Gasteiger partial charge in [-0.15, -0.1) is 5.10 Å². The molecule has 2 rings (SSSR count). The van der Waals surface area contributed by atoms with Crippen molar-refractivity contribution in [1.82, 2.24) is 19.9 Å². The lowest BCUT2D eigenvalue weighted by atomic mass is 10.1. The number of rotatable bonds is 7. The maximum Gasteiger partial charge on any atom is 0.0967 e. The predicted molar refractivity (Wildman–Crippen MR) is 111 cm³/mol. The van der Waals surface area contributed by atoms with Gasteiger partial charge in [-0.2, -0.15) is 0 Å². The highest BCUT2D eigenvalue weighted by molar-refractivity contribution is 4.93. The van der Waals surface area contributed by atoms with E-state index in [9.17, 15) is 0 Å². The van der Waals surface area contributed by atoms with Crippen LogP contribution in [0.3, 0.4) is 0 Å². The molecule has 0 aliphatic carbocycles. The fraction of sp³-hybridized carbons (Fsp3) is 0.900. The molecule has 0 radical (unpaired) electrons. The SMILES string of the molecule is CC.CC.CC.COCCOC1CCN(Cc2cn(C(C)C)nn2)CC1. The molecule has 6 heteroatoms. The Morgan fingerprint density at radius 3 is 2.08 bits per heavy atom. The van der Waals surface area contributed by atoms with E-state index >= 15 is 0 Å². The molecule has 0 atom stereocenters. The number of hydrogen-bond acceptors (Lipinski definition) is 5. The fourth-order valence-corrected chi connectivity index (χ4v) is 2.40. The third kappa shape index (κ3) is 11.6. The summed E-state index contributed by atoms with van der Waals surface area (Å²) in [5.74, 6) is 0. The molecule has 1 aliphatic heterocycles. The van der Waals surface area contributed by atoms with Gasteiger partial charge in [-0.3, -0.25) is 4.90 Å². The number of likely N-dealkylation sites (tertiary alicyclic amines) is 1. The van der Waals surface area contributed by atoms with Gasteiger partial charge in [-0.1, -0.05) is 46.8 Å². The molecule has 0 bridgehead atoms. The smallest absolute Gasteiger partial charge is 0.0967 e. The van der Waals surface area contributed by atoms with Crippen molar-refractivity contribution in [2.45, 2.75) is 86.9 Å². The minimum absolute atomic E-state index is 0.371. The first-order chi connectivity index (χ1) is 12.7. The van der Waals surface area contributed by atoms with Crippen molar-refractivity contribution in [2.24, 2.45) is 0 Å². The third-order valence-electron chi connectivity index (χ3n) is 3.65. The second-order valence-electron chi connectivity index (χ2n) is 5.62. The van der Waals surface area contributed by atoms with Crippen LogP contribution in [0, 0.1) is 0 Å². The van der Waals surface area contributed by atoms with Gasteiger partial charge in [-0.05, 0) is 26.7 Å². The minimum Gasteiger partial charge on any atom is -0.382 e. The Morgan fingerprint density at radius 1 is 1.04 bits per heavy atom. The molecule has 2 heterocycles. The van der Waals surface area contributed by atoms with Gasteiger partial charge in [0, 0.05) is 32.8 Å². The lowest BCUT2D eigenvalue weighted by Gasteiger charge is -2.31. The highest BCUT2D eigenvalue weighted by Crippen LogP contribution is 2.15. The highest BCUT2D eigenvalue weighted by Gasteiger charge is 2.20. The summed E-state index contributed by atoms with van der Waals surface area (Å²) < 4.78 is 12.7. The Balaban J connectivity index is 0. The Hall–Kier alpha value is -0.980. The average Bonchev–Trinajstić information content (AvgIpc) is 3.17. The van der Waals surface area contributed by atoms with E-state index in [1.807, 2.05) is 52.4 Å². The molecule has 0 aromatic carbocycles. The molecule has 1 aromatic heterocycles. The molecule has 1 saturated heterocycles. The fourth-order valence-electron chi connectivity index (χ4n) is 2.40. The zero-order valence-electron chi connectivity index (χ0n) is 18.8. The van der Waals surface area contributed by atoms with Crippen molar-refractivity contribution < 1.29 is 9.47 Å². The number of methoxy groups -OCH3 is 1. The average molecular weight is 373 g/mol. The van der Waals surface area contributed by atoms with Gasteiger partial charge in [0.05, 0.1) is 31.2 Å². The van der Waals surface area contributed by atoms with Gasteiger partial charge in [0.1, 0.15) is 0 Å². The summed E-state index contributed by atoms with van der Waals surface area (Å²) in [4.78, 5) is 2.42. The first-order valence-electron chi connectivity index (χ1n) is 10.4. The van der Waals surface area contributed by atoms with Crippen LogP contribution in [0.25, 0.3) is 0 Å². The van der Waals surface area contributed by atoms with Gasteiger partial charge >= 0.3 is 0 Å². The largest absolute Gasteiger partial charge is 0.382 e. The van der Waals surface area contributed by atoms with Gasteiger partial charge in [0.15, 0.2) is 0 Å². The number of nitrogens with zero attached hydrogens (tertiary/aromatic N) is 4. The second kappa shape index (κ2) is 18.8. The van der Waals surface area contributed by atoms with Crippen molar-refractivity contribution in [2.75, 3.05) is 33.4 Å². The van der Waals surface area contributed by atoms with E-state index in [0.29, 0.717) is 25.4 Å². The quantitative estimate of drug-likeness (QED) is 0.657. The molecule has 0 amide bonds. The predicted octanol–water partition coefficient (Wildman–Crippen LogP) is 4.57. The van der Waals surface area contributed by atoms with Crippen molar-refractivity contribution in [3.05, 3.63) is 11.9 Å².